The Kier molecular flexibility index (Phi) is 5.16. The Morgan fingerprint density at radius 1 is 1.23 bits per heavy atom. The molecule has 7 heteroatoms. The first-order valence-electron chi connectivity index (χ1n) is 8.53. The maximum absolute atomic E-state index is 13.9. The lowest BCUT2D eigenvalue weighted by Gasteiger charge is -2.03. The lowest BCUT2D eigenvalue weighted by Crippen LogP contribution is -2.12. The fourth-order valence-electron chi connectivity index (χ4n) is 2.78. The number of aromatic amines is 1. The van der Waals surface area contributed by atoms with Gasteiger partial charge in [0.2, 0.25) is 0 Å². The summed E-state index contributed by atoms with van der Waals surface area (Å²) in [6.07, 6.45) is 2.88. The van der Waals surface area contributed by atoms with Gasteiger partial charge >= 0.3 is 0 Å². The van der Waals surface area contributed by atoms with Crippen LogP contribution in [0, 0.1) is 5.82 Å². The fourth-order valence-corrected chi connectivity index (χ4v) is 2.78. The van der Waals surface area contributed by atoms with Crippen molar-refractivity contribution in [2.75, 3.05) is 7.11 Å². The van der Waals surface area contributed by atoms with Gasteiger partial charge in [-0.2, -0.15) is 5.10 Å². The van der Waals surface area contributed by atoms with E-state index >= 15 is 0 Å². The van der Waals surface area contributed by atoms with Crippen molar-refractivity contribution in [2.45, 2.75) is 33.2 Å². The summed E-state index contributed by atoms with van der Waals surface area (Å²) in [5, 5.41) is 4.47. The number of methoxy groups -OCH3 is 1. The van der Waals surface area contributed by atoms with Crippen molar-refractivity contribution in [3.8, 4) is 17.1 Å². The van der Waals surface area contributed by atoms with Crippen molar-refractivity contribution < 1.29 is 9.13 Å². The second-order valence-corrected chi connectivity index (χ2v) is 5.92. The predicted molar refractivity (Wildman–Crippen MR) is 96.9 cm³/mol. The number of hydrogen-bond donors (Lipinski definition) is 1. The van der Waals surface area contributed by atoms with Crippen LogP contribution in [-0.4, -0.2) is 26.9 Å². The number of nitrogens with one attached hydrogen (secondary N) is 1. The second-order valence-electron chi connectivity index (χ2n) is 5.92. The number of aromatic nitrogens is 4. The average Bonchev–Trinajstić information content (AvgIpc) is 3.05. The van der Waals surface area contributed by atoms with Crippen LogP contribution in [0.2, 0.25) is 0 Å². The summed E-state index contributed by atoms with van der Waals surface area (Å²) in [5.41, 5.74) is 2.04. The summed E-state index contributed by atoms with van der Waals surface area (Å²) in [4.78, 5) is 19.5. The minimum absolute atomic E-state index is 0.199. The van der Waals surface area contributed by atoms with Gasteiger partial charge in [0.15, 0.2) is 23.2 Å². The summed E-state index contributed by atoms with van der Waals surface area (Å²) in [6, 6.07) is 6.61. The van der Waals surface area contributed by atoms with Crippen LogP contribution in [0.1, 0.15) is 30.8 Å². The van der Waals surface area contributed by atoms with E-state index in [4.69, 9.17) is 4.74 Å². The number of halogens is 1. The molecule has 2 heterocycles. The molecule has 0 saturated heterocycles. The first-order valence-corrected chi connectivity index (χ1v) is 8.53. The third-order valence-corrected chi connectivity index (χ3v) is 4.21. The Morgan fingerprint density at radius 3 is 2.69 bits per heavy atom. The monoisotopic (exact) mass is 356 g/mol. The Morgan fingerprint density at radius 2 is 2.04 bits per heavy atom. The maximum atomic E-state index is 13.9. The summed E-state index contributed by atoms with van der Waals surface area (Å²) in [5.74, 6) is 0.831. The zero-order chi connectivity index (χ0) is 18.7. The van der Waals surface area contributed by atoms with E-state index in [9.17, 15) is 9.18 Å². The van der Waals surface area contributed by atoms with E-state index in [1.807, 2.05) is 19.9 Å². The van der Waals surface area contributed by atoms with Gasteiger partial charge in [-0.1, -0.05) is 13.0 Å². The molecule has 26 heavy (non-hydrogen) atoms. The molecule has 0 aliphatic rings. The molecule has 2 aromatic heterocycles. The number of rotatable bonds is 6. The molecule has 0 aliphatic heterocycles. The molecule has 0 bridgehead atoms. The van der Waals surface area contributed by atoms with Crippen LogP contribution in [0.3, 0.4) is 0 Å². The zero-order valence-electron chi connectivity index (χ0n) is 15.0. The topological polar surface area (TPSA) is 72.8 Å². The molecular formula is C19H21FN4O2. The van der Waals surface area contributed by atoms with Gasteiger partial charge in [-0.15, -0.1) is 0 Å². The Balaban J connectivity index is 1.97. The lowest BCUT2D eigenvalue weighted by molar-refractivity contribution is 0.386. The van der Waals surface area contributed by atoms with Crippen LogP contribution >= 0.6 is 0 Å². The third-order valence-electron chi connectivity index (χ3n) is 4.21. The highest BCUT2D eigenvalue weighted by atomic mass is 19.1. The van der Waals surface area contributed by atoms with Crippen LogP contribution in [0.5, 0.6) is 5.75 Å². The molecule has 0 radical (unpaired) electrons. The Bertz CT molecular complexity index is 978. The molecule has 0 atom stereocenters. The van der Waals surface area contributed by atoms with E-state index in [1.165, 1.54) is 13.2 Å². The first-order chi connectivity index (χ1) is 12.5. The number of H-pyrrole nitrogens is 1. The van der Waals surface area contributed by atoms with Crippen molar-refractivity contribution in [3.05, 3.63) is 63.6 Å². The van der Waals surface area contributed by atoms with Crippen molar-refractivity contribution >= 4 is 0 Å². The molecular weight excluding hydrogens is 335 g/mol. The highest BCUT2D eigenvalue weighted by Gasteiger charge is 2.15. The molecule has 136 valence electrons. The maximum Gasteiger partial charge on any atom is 0.259 e. The fraction of sp³-hybridized carbons (Fsp3) is 0.316. The minimum Gasteiger partial charge on any atom is -0.494 e. The third kappa shape index (κ3) is 3.51. The molecule has 6 nitrogen and oxygen atoms in total. The Hall–Kier alpha value is -2.96. The van der Waals surface area contributed by atoms with Gasteiger partial charge in [-0.05, 0) is 42.7 Å². The van der Waals surface area contributed by atoms with Crippen LogP contribution in [0.15, 0.2) is 35.3 Å². The van der Waals surface area contributed by atoms with Gasteiger partial charge in [-0.25, -0.2) is 14.1 Å². The van der Waals surface area contributed by atoms with E-state index in [-0.39, 0.29) is 11.3 Å². The SMILES string of the molecule is CCc1c[nH]c(=O)c(-c2nc(Cc3ccc(OC)c(F)c3)nn2CC)c1. The number of benzene rings is 1. The number of hydrogen-bond acceptors (Lipinski definition) is 4. The van der Waals surface area contributed by atoms with Gasteiger partial charge < -0.3 is 9.72 Å². The van der Waals surface area contributed by atoms with Gasteiger partial charge in [0.25, 0.3) is 5.56 Å². The average molecular weight is 356 g/mol. The summed E-state index contributed by atoms with van der Waals surface area (Å²) >= 11 is 0. The summed E-state index contributed by atoms with van der Waals surface area (Å²) < 4.78 is 20.5. The molecule has 0 fully saturated rings. The molecule has 0 amide bonds. The number of pyridine rings is 1. The van der Waals surface area contributed by atoms with Crippen LogP contribution in [0.25, 0.3) is 11.4 Å². The molecule has 3 aromatic rings. The molecule has 3 rings (SSSR count). The van der Waals surface area contributed by atoms with Gasteiger partial charge in [0, 0.05) is 19.2 Å². The quantitative estimate of drug-likeness (QED) is 0.737. The zero-order valence-corrected chi connectivity index (χ0v) is 15.0. The summed E-state index contributed by atoms with van der Waals surface area (Å²) in [7, 11) is 1.43. The van der Waals surface area contributed by atoms with Crippen LogP contribution < -0.4 is 10.3 Å². The smallest absolute Gasteiger partial charge is 0.259 e. The van der Waals surface area contributed by atoms with E-state index in [1.54, 1.807) is 23.0 Å². The lowest BCUT2D eigenvalue weighted by atomic mass is 10.1. The van der Waals surface area contributed by atoms with Gasteiger partial charge in [0.05, 0.1) is 12.7 Å². The van der Waals surface area contributed by atoms with Crippen molar-refractivity contribution in [1.82, 2.24) is 19.7 Å². The highest BCUT2D eigenvalue weighted by molar-refractivity contribution is 5.55. The van der Waals surface area contributed by atoms with Gasteiger partial charge in [0.1, 0.15) is 0 Å². The van der Waals surface area contributed by atoms with Crippen molar-refractivity contribution in [2.24, 2.45) is 0 Å². The normalized spacial score (nSPS) is 10.9. The predicted octanol–water partition coefficient (Wildman–Crippen LogP) is 2.95. The van der Waals surface area contributed by atoms with Crippen LogP contribution in [0.4, 0.5) is 4.39 Å². The van der Waals surface area contributed by atoms with E-state index in [0.29, 0.717) is 30.2 Å². The second kappa shape index (κ2) is 7.51. The van der Waals surface area contributed by atoms with Crippen molar-refractivity contribution in [1.29, 1.82) is 0 Å². The molecule has 0 spiro atoms. The van der Waals surface area contributed by atoms with E-state index in [2.05, 4.69) is 15.1 Å². The molecule has 0 unspecified atom stereocenters. The van der Waals surface area contributed by atoms with E-state index in [0.717, 1.165) is 17.5 Å². The standard InChI is InChI=1S/C19H21FN4O2/c1-4-12-8-14(19(25)21-11-12)18-22-17(23-24(18)5-2)10-13-6-7-16(26-3)15(20)9-13/h6-9,11H,4-5,10H2,1-3H3,(H,21,25). The summed E-state index contributed by atoms with van der Waals surface area (Å²) in [6.45, 7) is 4.54. The van der Waals surface area contributed by atoms with Gasteiger partial charge in [-0.3, -0.25) is 4.79 Å². The highest BCUT2D eigenvalue weighted by Crippen LogP contribution is 2.20. The number of aryl methyl sites for hydroxylation is 2. The van der Waals surface area contributed by atoms with Crippen LogP contribution in [-0.2, 0) is 19.4 Å². The molecule has 1 N–H and O–H groups in total. The minimum atomic E-state index is -0.424. The number of nitrogens with zero attached hydrogens (tertiary/aromatic N) is 3. The molecule has 0 saturated carbocycles. The number of ether oxygens (including phenoxy) is 1. The molecule has 0 aliphatic carbocycles. The first kappa shape index (κ1) is 17.8. The Labute approximate surface area is 150 Å². The molecule has 1 aromatic carbocycles. The largest absolute Gasteiger partial charge is 0.494 e. The van der Waals surface area contributed by atoms with E-state index < -0.39 is 5.82 Å². The van der Waals surface area contributed by atoms with Crippen molar-refractivity contribution in [3.63, 3.8) is 0 Å².